The SMILES string of the molecule is C[C@]1(c2cc(F)c(F)cc2F)CO1. The topological polar surface area (TPSA) is 12.5 Å². The van der Waals surface area contributed by atoms with Gasteiger partial charge in [0, 0.05) is 11.6 Å². The highest BCUT2D eigenvalue weighted by Crippen LogP contribution is 2.39. The van der Waals surface area contributed by atoms with Crippen LogP contribution in [0.5, 0.6) is 0 Å². The molecule has 1 heterocycles. The Bertz CT molecular complexity index is 358. The van der Waals surface area contributed by atoms with Crippen molar-refractivity contribution in [2.24, 2.45) is 0 Å². The number of hydrogen-bond donors (Lipinski definition) is 0. The molecule has 0 amide bonds. The lowest BCUT2D eigenvalue weighted by Crippen LogP contribution is -2.07. The minimum absolute atomic E-state index is 0.0754. The fourth-order valence-corrected chi connectivity index (χ4v) is 1.19. The van der Waals surface area contributed by atoms with Crippen LogP contribution in [0.2, 0.25) is 0 Å². The Morgan fingerprint density at radius 2 is 1.69 bits per heavy atom. The lowest BCUT2D eigenvalue weighted by atomic mass is 10.0. The summed E-state index contributed by atoms with van der Waals surface area (Å²) in [4.78, 5) is 0. The molecule has 1 aromatic rings. The van der Waals surface area contributed by atoms with E-state index in [-0.39, 0.29) is 5.56 Å². The van der Waals surface area contributed by atoms with Crippen LogP contribution < -0.4 is 0 Å². The van der Waals surface area contributed by atoms with Crippen molar-refractivity contribution in [2.45, 2.75) is 12.5 Å². The molecule has 0 spiro atoms. The van der Waals surface area contributed by atoms with Gasteiger partial charge in [0.1, 0.15) is 11.4 Å². The predicted molar refractivity (Wildman–Crippen MR) is 39.6 cm³/mol. The van der Waals surface area contributed by atoms with Gasteiger partial charge in [-0.2, -0.15) is 0 Å². The van der Waals surface area contributed by atoms with Crippen molar-refractivity contribution in [3.05, 3.63) is 35.1 Å². The minimum Gasteiger partial charge on any atom is -0.365 e. The highest BCUT2D eigenvalue weighted by atomic mass is 19.2. The Morgan fingerprint density at radius 1 is 1.15 bits per heavy atom. The molecule has 70 valence electrons. The van der Waals surface area contributed by atoms with Crippen LogP contribution in [-0.2, 0) is 10.3 Å². The molecule has 2 rings (SSSR count). The number of hydrogen-bond acceptors (Lipinski definition) is 1. The molecule has 0 aliphatic carbocycles. The molecule has 1 fully saturated rings. The molecule has 0 bridgehead atoms. The van der Waals surface area contributed by atoms with E-state index in [4.69, 9.17) is 4.74 Å². The van der Waals surface area contributed by atoms with Crippen LogP contribution >= 0.6 is 0 Å². The summed E-state index contributed by atoms with van der Waals surface area (Å²) in [6.07, 6.45) is 0. The first kappa shape index (κ1) is 8.56. The van der Waals surface area contributed by atoms with Crippen LogP contribution in [0.4, 0.5) is 13.2 Å². The van der Waals surface area contributed by atoms with Gasteiger partial charge in [-0.05, 0) is 13.0 Å². The van der Waals surface area contributed by atoms with E-state index < -0.39 is 23.1 Å². The molecular formula is C9H7F3O. The van der Waals surface area contributed by atoms with Crippen molar-refractivity contribution < 1.29 is 17.9 Å². The molecule has 0 N–H and O–H groups in total. The van der Waals surface area contributed by atoms with E-state index in [1.807, 2.05) is 0 Å². The number of benzene rings is 1. The monoisotopic (exact) mass is 188 g/mol. The fraction of sp³-hybridized carbons (Fsp3) is 0.333. The Kier molecular flexibility index (Phi) is 1.63. The van der Waals surface area contributed by atoms with E-state index in [9.17, 15) is 13.2 Å². The summed E-state index contributed by atoms with van der Waals surface area (Å²) in [6.45, 7) is 1.97. The largest absolute Gasteiger partial charge is 0.365 e. The van der Waals surface area contributed by atoms with Gasteiger partial charge in [0.15, 0.2) is 11.6 Å². The molecule has 0 aromatic heterocycles. The smallest absolute Gasteiger partial charge is 0.161 e. The highest BCUT2D eigenvalue weighted by Gasteiger charge is 2.43. The first-order valence-electron chi connectivity index (χ1n) is 3.82. The maximum atomic E-state index is 13.1. The van der Waals surface area contributed by atoms with Gasteiger partial charge in [0.05, 0.1) is 6.61 Å². The first-order valence-corrected chi connectivity index (χ1v) is 3.82. The van der Waals surface area contributed by atoms with Crippen molar-refractivity contribution in [2.75, 3.05) is 6.61 Å². The Labute approximate surface area is 73.1 Å². The van der Waals surface area contributed by atoms with Gasteiger partial charge in [0.2, 0.25) is 0 Å². The van der Waals surface area contributed by atoms with Crippen LogP contribution in [0.25, 0.3) is 0 Å². The molecule has 1 aromatic carbocycles. The van der Waals surface area contributed by atoms with Gasteiger partial charge in [-0.1, -0.05) is 0 Å². The quantitative estimate of drug-likeness (QED) is 0.486. The molecule has 1 aliphatic heterocycles. The molecule has 0 saturated carbocycles. The molecular weight excluding hydrogens is 181 g/mol. The minimum atomic E-state index is -1.18. The highest BCUT2D eigenvalue weighted by molar-refractivity contribution is 5.28. The number of epoxide rings is 1. The molecule has 1 aliphatic rings. The number of ether oxygens (including phenoxy) is 1. The van der Waals surface area contributed by atoms with E-state index >= 15 is 0 Å². The van der Waals surface area contributed by atoms with E-state index in [1.165, 1.54) is 0 Å². The maximum Gasteiger partial charge on any atom is 0.161 e. The van der Waals surface area contributed by atoms with Crippen molar-refractivity contribution in [1.82, 2.24) is 0 Å². The van der Waals surface area contributed by atoms with Gasteiger partial charge in [-0.15, -0.1) is 0 Å². The Hall–Kier alpha value is -1.03. The number of halogens is 3. The molecule has 4 heteroatoms. The number of rotatable bonds is 1. The summed E-state index contributed by atoms with van der Waals surface area (Å²) in [5.74, 6) is -2.99. The van der Waals surface area contributed by atoms with Gasteiger partial charge in [-0.25, -0.2) is 13.2 Å². The van der Waals surface area contributed by atoms with Crippen LogP contribution in [-0.4, -0.2) is 6.61 Å². The van der Waals surface area contributed by atoms with E-state index in [2.05, 4.69) is 0 Å². The third kappa shape index (κ3) is 1.31. The van der Waals surface area contributed by atoms with Crippen molar-refractivity contribution in [3.63, 3.8) is 0 Å². The van der Waals surface area contributed by atoms with Crippen molar-refractivity contribution in [1.29, 1.82) is 0 Å². The van der Waals surface area contributed by atoms with E-state index in [0.717, 1.165) is 6.07 Å². The molecule has 1 nitrogen and oxygen atoms in total. The average molecular weight is 188 g/mol. The second kappa shape index (κ2) is 2.48. The Balaban J connectivity index is 2.52. The van der Waals surface area contributed by atoms with Crippen LogP contribution in [0.3, 0.4) is 0 Å². The van der Waals surface area contributed by atoms with Crippen LogP contribution in [0, 0.1) is 17.5 Å². The summed E-state index contributed by atoms with van der Waals surface area (Å²) in [5.41, 5.74) is -0.690. The summed E-state index contributed by atoms with van der Waals surface area (Å²) >= 11 is 0. The predicted octanol–water partition coefficient (Wildman–Crippen LogP) is 2.35. The molecule has 0 radical (unpaired) electrons. The molecule has 1 atom stereocenters. The van der Waals surface area contributed by atoms with E-state index in [0.29, 0.717) is 12.7 Å². The molecule has 0 unspecified atom stereocenters. The zero-order chi connectivity index (χ0) is 9.64. The summed E-state index contributed by atoms with van der Waals surface area (Å²) in [7, 11) is 0. The Morgan fingerprint density at radius 3 is 2.23 bits per heavy atom. The summed E-state index contributed by atoms with van der Waals surface area (Å²) < 4.78 is 43.2. The van der Waals surface area contributed by atoms with Crippen LogP contribution in [0.15, 0.2) is 12.1 Å². The zero-order valence-corrected chi connectivity index (χ0v) is 6.90. The van der Waals surface area contributed by atoms with Gasteiger partial charge < -0.3 is 4.74 Å². The van der Waals surface area contributed by atoms with E-state index in [1.54, 1.807) is 6.92 Å². The normalized spacial score (nSPS) is 26.2. The average Bonchev–Trinajstić information content (AvgIpc) is 2.77. The van der Waals surface area contributed by atoms with Crippen LogP contribution in [0.1, 0.15) is 12.5 Å². The van der Waals surface area contributed by atoms with Gasteiger partial charge in [-0.3, -0.25) is 0 Å². The maximum absolute atomic E-state index is 13.1. The molecule has 13 heavy (non-hydrogen) atoms. The van der Waals surface area contributed by atoms with Gasteiger partial charge >= 0.3 is 0 Å². The van der Waals surface area contributed by atoms with Crippen molar-refractivity contribution in [3.8, 4) is 0 Å². The molecule has 1 saturated heterocycles. The second-order valence-electron chi connectivity index (χ2n) is 3.27. The summed E-state index contributed by atoms with van der Waals surface area (Å²) in [6, 6.07) is 1.38. The van der Waals surface area contributed by atoms with Crippen molar-refractivity contribution >= 4 is 0 Å². The lowest BCUT2D eigenvalue weighted by molar-refractivity contribution is 0.319. The fourth-order valence-electron chi connectivity index (χ4n) is 1.19. The summed E-state index contributed by atoms with van der Waals surface area (Å²) in [5, 5.41) is 0. The first-order chi connectivity index (χ1) is 6.03. The second-order valence-corrected chi connectivity index (χ2v) is 3.27. The third-order valence-corrected chi connectivity index (χ3v) is 2.16. The lowest BCUT2D eigenvalue weighted by Gasteiger charge is -2.07. The standard InChI is InChI=1S/C9H7F3O/c1-9(4-13-9)5-2-7(11)8(12)3-6(5)10/h2-3H,4H2,1H3/t9-/m1/s1. The zero-order valence-electron chi connectivity index (χ0n) is 6.90. The van der Waals surface area contributed by atoms with Gasteiger partial charge in [0.25, 0.3) is 0 Å². The third-order valence-electron chi connectivity index (χ3n) is 2.16.